The molecule has 5 rings (SSSR count). The maximum atomic E-state index is 15.1. The summed E-state index contributed by atoms with van der Waals surface area (Å²) >= 11 is 0. The van der Waals surface area contributed by atoms with Gasteiger partial charge in [-0.1, -0.05) is 42.5 Å². The van der Waals surface area contributed by atoms with Gasteiger partial charge in [0.2, 0.25) is 5.43 Å². The van der Waals surface area contributed by atoms with E-state index in [4.69, 9.17) is 4.74 Å². The second-order valence-electron chi connectivity index (χ2n) is 8.09. The highest BCUT2D eigenvalue weighted by molar-refractivity contribution is 5.95. The molecule has 3 atom stereocenters. The fourth-order valence-electron chi connectivity index (χ4n) is 4.84. The summed E-state index contributed by atoms with van der Waals surface area (Å²) in [6.45, 7) is 2.52. The first-order valence-corrected chi connectivity index (χ1v) is 10.4. The van der Waals surface area contributed by atoms with Crippen molar-refractivity contribution in [2.45, 2.75) is 24.9 Å². The Balaban J connectivity index is 1.81. The lowest BCUT2D eigenvalue weighted by atomic mass is 9.79. The van der Waals surface area contributed by atoms with Crippen LogP contribution in [0.4, 0.5) is 8.78 Å². The molecule has 1 aromatic heterocycles. The predicted octanol–water partition coefficient (Wildman–Crippen LogP) is 3.06. The molecule has 3 aromatic rings. The summed E-state index contributed by atoms with van der Waals surface area (Å²) in [6, 6.07) is 12.2. The average Bonchev–Trinajstić information content (AvgIpc) is 2.81. The normalized spacial score (nSPS) is 21.1. The van der Waals surface area contributed by atoms with E-state index in [1.165, 1.54) is 16.9 Å². The fraction of sp³-hybridized carbons (Fsp3) is 0.292. The molecule has 0 bridgehead atoms. The van der Waals surface area contributed by atoms with E-state index in [2.05, 4.69) is 5.10 Å². The van der Waals surface area contributed by atoms with E-state index in [1.807, 2.05) is 30.3 Å². The van der Waals surface area contributed by atoms with Gasteiger partial charge in [0.05, 0.1) is 31.5 Å². The molecule has 1 fully saturated rings. The van der Waals surface area contributed by atoms with Crippen molar-refractivity contribution >= 4 is 5.91 Å². The molecule has 2 aromatic carbocycles. The number of aromatic nitrogens is 2. The number of hydrogen-bond acceptors (Lipinski definition) is 4. The van der Waals surface area contributed by atoms with Crippen molar-refractivity contribution in [1.29, 1.82) is 0 Å². The van der Waals surface area contributed by atoms with E-state index in [-0.39, 0.29) is 34.8 Å². The number of ether oxygens (including phenoxy) is 1. The summed E-state index contributed by atoms with van der Waals surface area (Å²) in [5.41, 5.74) is 1.02. The molecule has 8 heteroatoms. The van der Waals surface area contributed by atoms with Crippen LogP contribution in [-0.2, 0) is 4.74 Å². The highest BCUT2D eigenvalue weighted by atomic mass is 19.2. The van der Waals surface area contributed by atoms with Gasteiger partial charge in [-0.15, -0.1) is 0 Å². The van der Waals surface area contributed by atoms with Gasteiger partial charge in [0.15, 0.2) is 11.6 Å². The Labute approximate surface area is 183 Å². The van der Waals surface area contributed by atoms with Crippen molar-refractivity contribution in [1.82, 2.24) is 14.7 Å². The number of carbonyl (C=O) groups is 1. The largest absolute Gasteiger partial charge is 0.377 e. The van der Waals surface area contributed by atoms with Crippen molar-refractivity contribution in [2.24, 2.45) is 0 Å². The van der Waals surface area contributed by atoms with Gasteiger partial charge in [0.25, 0.3) is 5.91 Å². The molecule has 0 spiro atoms. The minimum Gasteiger partial charge on any atom is -0.377 e. The standard InChI is InChI=1S/C24H21F2N3O3/c1-14-19(30)12-27-29-22(14)24(31)28-10-11-32-13-18(28)23(29)20(15-6-3-2-4-7-15)16-8-5-9-17(25)21(16)26/h2-9,12,18,20,23H,10-11,13H2,1H3/t18-,20+,23+/m0/s1. The Hall–Kier alpha value is -3.39. The number of benzene rings is 2. The number of nitrogens with zero attached hydrogens (tertiary/aromatic N) is 3. The molecule has 2 aliphatic heterocycles. The molecular formula is C24H21F2N3O3. The van der Waals surface area contributed by atoms with E-state index < -0.39 is 29.6 Å². The Morgan fingerprint density at radius 2 is 1.88 bits per heavy atom. The van der Waals surface area contributed by atoms with Gasteiger partial charge in [-0.05, 0) is 18.6 Å². The zero-order valence-electron chi connectivity index (χ0n) is 17.4. The summed E-state index contributed by atoms with van der Waals surface area (Å²) in [4.78, 5) is 27.3. The topological polar surface area (TPSA) is 64.4 Å². The van der Waals surface area contributed by atoms with Crippen LogP contribution in [0.2, 0.25) is 0 Å². The van der Waals surface area contributed by atoms with Gasteiger partial charge in [-0.2, -0.15) is 5.10 Å². The lowest BCUT2D eigenvalue weighted by molar-refractivity contribution is -0.0320. The van der Waals surface area contributed by atoms with E-state index in [0.717, 1.165) is 11.6 Å². The molecular weight excluding hydrogens is 416 g/mol. The third kappa shape index (κ3) is 3.14. The first kappa shape index (κ1) is 20.5. The number of fused-ring (bicyclic) bond motifs is 2. The molecule has 3 heterocycles. The molecule has 6 nitrogen and oxygen atoms in total. The van der Waals surface area contributed by atoms with Crippen LogP contribution in [0.25, 0.3) is 0 Å². The van der Waals surface area contributed by atoms with Crippen molar-refractivity contribution in [3.63, 3.8) is 0 Å². The number of halogens is 2. The third-order valence-electron chi connectivity index (χ3n) is 6.38. The fourth-order valence-corrected chi connectivity index (χ4v) is 4.84. The summed E-state index contributed by atoms with van der Waals surface area (Å²) in [5.74, 6) is -2.87. The quantitative estimate of drug-likeness (QED) is 0.632. The highest BCUT2D eigenvalue weighted by Crippen LogP contribution is 2.43. The summed E-state index contributed by atoms with van der Waals surface area (Å²) in [7, 11) is 0. The van der Waals surface area contributed by atoms with Gasteiger partial charge in [0, 0.05) is 23.6 Å². The monoisotopic (exact) mass is 437 g/mol. The first-order chi connectivity index (χ1) is 15.5. The van der Waals surface area contributed by atoms with Crippen LogP contribution in [0.15, 0.2) is 59.5 Å². The van der Waals surface area contributed by atoms with Gasteiger partial charge in [-0.25, -0.2) is 8.78 Å². The number of hydrogen-bond donors (Lipinski definition) is 0. The molecule has 0 radical (unpaired) electrons. The molecule has 1 amide bonds. The van der Waals surface area contributed by atoms with Gasteiger partial charge >= 0.3 is 0 Å². The molecule has 1 saturated heterocycles. The zero-order chi connectivity index (χ0) is 22.4. The molecule has 32 heavy (non-hydrogen) atoms. The van der Waals surface area contributed by atoms with Gasteiger partial charge in [0.1, 0.15) is 5.69 Å². The highest BCUT2D eigenvalue weighted by Gasteiger charge is 2.47. The zero-order valence-corrected chi connectivity index (χ0v) is 17.4. The molecule has 0 unspecified atom stereocenters. The summed E-state index contributed by atoms with van der Waals surface area (Å²) in [6.07, 6.45) is 1.17. The third-order valence-corrected chi connectivity index (χ3v) is 6.38. The maximum absolute atomic E-state index is 15.1. The van der Waals surface area contributed by atoms with Crippen LogP contribution in [0.3, 0.4) is 0 Å². The van der Waals surface area contributed by atoms with Crippen molar-refractivity contribution < 1.29 is 18.3 Å². The Morgan fingerprint density at radius 1 is 1.09 bits per heavy atom. The lowest BCUT2D eigenvalue weighted by Crippen LogP contribution is -2.59. The number of rotatable bonds is 3. The van der Waals surface area contributed by atoms with Gasteiger partial charge < -0.3 is 9.64 Å². The molecule has 0 aliphatic carbocycles. The minimum absolute atomic E-state index is 0.158. The van der Waals surface area contributed by atoms with Crippen LogP contribution in [-0.4, -0.2) is 46.4 Å². The Bertz CT molecular complexity index is 1240. The SMILES string of the molecule is Cc1c2n(ncc1=O)[C@@H]([C@H](c1ccccc1)c1cccc(F)c1F)[C@@H]1COCCN1C2=O. The van der Waals surface area contributed by atoms with E-state index in [1.54, 1.807) is 17.9 Å². The van der Waals surface area contributed by atoms with Crippen LogP contribution < -0.4 is 5.43 Å². The van der Waals surface area contributed by atoms with Crippen molar-refractivity contribution in [3.8, 4) is 0 Å². The molecule has 0 saturated carbocycles. The Morgan fingerprint density at radius 3 is 2.66 bits per heavy atom. The van der Waals surface area contributed by atoms with E-state index in [0.29, 0.717) is 13.2 Å². The van der Waals surface area contributed by atoms with Crippen LogP contribution in [0.5, 0.6) is 0 Å². The smallest absolute Gasteiger partial charge is 0.272 e. The molecule has 2 aliphatic rings. The average molecular weight is 437 g/mol. The summed E-state index contributed by atoms with van der Waals surface area (Å²) < 4.78 is 36.7. The van der Waals surface area contributed by atoms with Crippen molar-refractivity contribution in [2.75, 3.05) is 19.8 Å². The minimum atomic E-state index is -0.948. The van der Waals surface area contributed by atoms with E-state index >= 15 is 4.39 Å². The van der Waals surface area contributed by atoms with Crippen LogP contribution >= 0.6 is 0 Å². The second-order valence-corrected chi connectivity index (χ2v) is 8.09. The van der Waals surface area contributed by atoms with Crippen molar-refractivity contribution in [3.05, 3.63) is 99.0 Å². The second kappa shape index (κ2) is 7.94. The number of amides is 1. The molecule has 0 N–H and O–H groups in total. The van der Waals surface area contributed by atoms with E-state index in [9.17, 15) is 14.0 Å². The maximum Gasteiger partial charge on any atom is 0.272 e. The van der Waals surface area contributed by atoms with Crippen LogP contribution in [0.1, 0.15) is 39.1 Å². The van der Waals surface area contributed by atoms with Gasteiger partial charge in [-0.3, -0.25) is 14.3 Å². The number of morpholine rings is 1. The number of carbonyl (C=O) groups excluding carboxylic acids is 1. The lowest BCUT2D eigenvalue weighted by Gasteiger charge is -2.47. The first-order valence-electron chi connectivity index (χ1n) is 10.4. The van der Waals surface area contributed by atoms with Crippen LogP contribution in [0, 0.1) is 18.6 Å². The Kier molecular flexibility index (Phi) is 5.09. The molecule has 164 valence electrons. The predicted molar refractivity (Wildman–Crippen MR) is 113 cm³/mol. The summed E-state index contributed by atoms with van der Waals surface area (Å²) in [5, 5.41) is 4.31.